The standard InChI is InChI=1S/C24H32N4O5/c1-16-12-17(2)28(25-16)20-9-7-8-19(13-20)27(15-21(29)32-6)22(30)18-10-11-26(14-18)23(31)33-24(3,4)5/h7-9,12-13,18H,10-11,14-15H2,1-6H3. The van der Waals surface area contributed by atoms with Crippen molar-refractivity contribution in [2.75, 3.05) is 31.6 Å². The van der Waals surface area contributed by atoms with Crippen molar-refractivity contribution < 1.29 is 23.9 Å². The smallest absolute Gasteiger partial charge is 0.410 e. The zero-order chi connectivity index (χ0) is 24.3. The number of ether oxygens (including phenoxy) is 2. The topological polar surface area (TPSA) is 94.0 Å². The first kappa shape index (κ1) is 24.3. The Balaban J connectivity index is 1.84. The van der Waals surface area contributed by atoms with Crippen molar-refractivity contribution >= 4 is 23.7 Å². The van der Waals surface area contributed by atoms with Crippen LogP contribution in [0.15, 0.2) is 30.3 Å². The second-order valence-corrected chi connectivity index (χ2v) is 9.27. The molecule has 33 heavy (non-hydrogen) atoms. The van der Waals surface area contributed by atoms with E-state index in [-0.39, 0.29) is 19.0 Å². The average Bonchev–Trinajstić information content (AvgIpc) is 3.36. The molecule has 0 spiro atoms. The zero-order valence-corrected chi connectivity index (χ0v) is 20.1. The van der Waals surface area contributed by atoms with Crippen LogP contribution in [-0.2, 0) is 19.1 Å². The van der Waals surface area contributed by atoms with E-state index in [0.717, 1.165) is 17.1 Å². The number of anilines is 1. The van der Waals surface area contributed by atoms with Crippen molar-refractivity contribution in [1.29, 1.82) is 0 Å². The van der Waals surface area contributed by atoms with E-state index in [9.17, 15) is 14.4 Å². The summed E-state index contributed by atoms with van der Waals surface area (Å²) in [6.45, 7) is 9.71. The van der Waals surface area contributed by atoms with Gasteiger partial charge in [0.05, 0.1) is 24.4 Å². The number of benzene rings is 1. The number of carbonyl (C=O) groups is 3. The van der Waals surface area contributed by atoms with E-state index in [1.165, 1.54) is 16.9 Å². The van der Waals surface area contributed by atoms with Crippen LogP contribution in [0.3, 0.4) is 0 Å². The van der Waals surface area contributed by atoms with Gasteiger partial charge in [-0.1, -0.05) is 6.07 Å². The minimum atomic E-state index is -0.612. The van der Waals surface area contributed by atoms with Gasteiger partial charge in [0.2, 0.25) is 5.91 Å². The summed E-state index contributed by atoms with van der Waals surface area (Å²) < 4.78 is 12.1. The third-order valence-electron chi connectivity index (χ3n) is 5.37. The molecule has 0 radical (unpaired) electrons. The fourth-order valence-corrected chi connectivity index (χ4v) is 3.85. The molecule has 1 aliphatic rings. The molecule has 1 fully saturated rings. The molecule has 3 rings (SSSR count). The summed E-state index contributed by atoms with van der Waals surface area (Å²) >= 11 is 0. The fraction of sp³-hybridized carbons (Fsp3) is 0.500. The van der Waals surface area contributed by atoms with Crippen LogP contribution in [0.2, 0.25) is 0 Å². The van der Waals surface area contributed by atoms with Crippen molar-refractivity contribution in [2.45, 2.75) is 46.6 Å². The van der Waals surface area contributed by atoms with Crippen LogP contribution in [0.25, 0.3) is 5.69 Å². The third kappa shape index (κ3) is 5.91. The van der Waals surface area contributed by atoms with E-state index in [4.69, 9.17) is 9.47 Å². The summed E-state index contributed by atoms with van der Waals surface area (Å²) in [4.78, 5) is 41.0. The van der Waals surface area contributed by atoms with Gasteiger partial charge in [0.15, 0.2) is 0 Å². The van der Waals surface area contributed by atoms with Crippen molar-refractivity contribution in [3.63, 3.8) is 0 Å². The Morgan fingerprint density at radius 2 is 1.91 bits per heavy atom. The quantitative estimate of drug-likeness (QED) is 0.641. The maximum Gasteiger partial charge on any atom is 0.410 e. The normalized spacial score (nSPS) is 15.9. The lowest BCUT2D eigenvalue weighted by Crippen LogP contribution is -2.42. The molecule has 0 aliphatic carbocycles. The van der Waals surface area contributed by atoms with Gasteiger partial charge in [-0.3, -0.25) is 9.59 Å². The summed E-state index contributed by atoms with van der Waals surface area (Å²) in [5, 5.41) is 4.50. The lowest BCUT2D eigenvalue weighted by atomic mass is 10.1. The molecule has 9 heteroatoms. The van der Waals surface area contributed by atoms with Crippen molar-refractivity contribution in [2.24, 2.45) is 5.92 Å². The predicted molar refractivity (Wildman–Crippen MR) is 123 cm³/mol. The molecule has 0 saturated carbocycles. The molecule has 0 N–H and O–H groups in total. The first-order chi connectivity index (χ1) is 15.5. The van der Waals surface area contributed by atoms with Gasteiger partial charge >= 0.3 is 12.1 Å². The number of hydrogen-bond donors (Lipinski definition) is 0. The number of likely N-dealkylation sites (tertiary alicyclic amines) is 1. The number of amides is 2. The second-order valence-electron chi connectivity index (χ2n) is 9.27. The molecular weight excluding hydrogens is 424 g/mol. The predicted octanol–water partition coefficient (Wildman–Crippen LogP) is 3.25. The Kier molecular flexibility index (Phi) is 7.09. The van der Waals surface area contributed by atoms with E-state index in [1.54, 1.807) is 31.5 Å². The highest BCUT2D eigenvalue weighted by Gasteiger charge is 2.36. The number of esters is 1. The molecule has 9 nitrogen and oxygen atoms in total. The van der Waals surface area contributed by atoms with Gasteiger partial charge in [0, 0.05) is 24.5 Å². The van der Waals surface area contributed by atoms with Crippen LogP contribution < -0.4 is 4.90 Å². The number of hydrogen-bond acceptors (Lipinski definition) is 6. The number of rotatable bonds is 5. The van der Waals surface area contributed by atoms with Crippen molar-refractivity contribution in [3.05, 3.63) is 41.7 Å². The monoisotopic (exact) mass is 456 g/mol. The highest BCUT2D eigenvalue weighted by atomic mass is 16.6. The van der Waals surface area contributed by atoms with E-state index >= 15 is 0 Å². The molecule has 2 heterocycles. The number of aromatic nitrogens is 2. The average molecular weight is 457 g/mol. The van der Waals surface area contributed by atoms with E-state index in [2.05, 4.69) is 5.10 Å². The van der Waals surface area contributed by atoms with Gasteiger partial charge < -0.3 is 19.3 Å². The number of methoxy groups -OCH3 is 1. The summed E-state index contributed by atoms with van der Waals surface area (Å²) in [5.74, 6) is -1.21. The highest BCUT2D eigenvalue weighted by Crippen LogP contribution is 2.26. The summed E-state index contributed by atoms with van der Waals surface area (Å²) in [5.41, 5.74) is 2.57. The summed E-state index contributed by atoms with van der Waals surface area (Å²) in [6, 6.07) is 9.27. The van der Waals surface area contributed by atoms with Gasteiger partial charge in [-0.05, 0) is 65.3 Å². The number of aryl methyl sites for hydroxylation is 2. The first-order valence-electron chi connectivity index (χ1n) is 11.0. The van der Waals surface area contributed by atoms with Crippen LogP contribution in [0.4, 0.5) is 10.5 Å². The van der Waals surface area contributed by atoms with Crippen LogP contribution in [-0.4, -0.2) is 65.0 Å². The number of nitrogens with zero attached hydrogens (tertiary/aromatic N) is 4. The van der Waals surface area contributed by atoms with Crippen LogP contribution >= 0.6 is 0 Å². The van der Waals surface area contributed by atoms with Gasteiger partial charge in [-0.25, -0.2) is 9.48 Å². The van der Waals surface area contributed by atoms with Crippen molar-refractivity contribution in [1.82, 2.24) is 14.7 Å². The molecule has 1 unspecified atom stereocenters. The Morgan fingerprint density at radius 3 is 2.52 bits per heavy atom. The molecule has 178 valence electrons. The maximum atomic E-state index is 13.5. The molecule has 1 aliphatic heterocycles. The van der Waals surface area contributed by atoms with Gasteiger partial charge in [-0.2, -0.15) is 5.10 Å². The summed E-state index contributed by atoms with van der Waals surface area (Å²) in [7, 11) is 1.29. The number of carbonyl (C=O) groups excluding carboxylic acids is 3. The van der Waals surface area contributed by atoms with Crippen molar-refractivity contribution in [3.8, 4) is 5.69 Å². The second kappa shape index (κ2) is 9.64. The molecule has 0 bridgehead atoms. The Hall–Kier alpha value is -3.36. The third-order valence-corrected chi connectivity index (χ3v) is 5.37. The fourth-order valence-electron chi connectivity index (χ4n) is 3.85. The molecule has 1 atom stereocenters. The minimum absolute atomic E-state index is 0.223. The molecular formula is C24H32N4O5. The van der Waals surface area contributed by atoms with E-state index in [1.807, 2.05) is 38.1 Å². The van der Waals surface area contributed by atoms with E-state index in [0.29, 0.717) is 18.7 Å². The molecule has 2 amide bonds. The van der Waals surface area contributed by atoms with Crippen LogP contribution in [0, 0.1) is 19.8 Å². The first-order valence-corrected chi connectivity index (χ1v) is 11.0. The molecule has 1 saturated heterocycles. The maximum absolute atomic E-state index is 13.5. The molecule has 1 aromatic heterocycles. The SMILES string of the molecule is COC(=O)CN(C(=O)C1CCN(C(=O)OC(C)(C)C)C1)c1cccc(-n2nc(C)cc2C)c1. The van der Waals surface area contributed by atoms with Gasteiger partial charge in [0.1, 0.15) is 12.1 Å². The van der Waals surface area contributed by atoms with Crippen LogP contribution in [0.5, 0.6) is 0 Å². The van der Waals surface area contributed by atoms with Gasteiger partial charge in [-0.15, -0.1) is 0 Å². The molecule has 2 aromatic rings. The Morgan fingerprint density at radius 1 is 1.18 bits per heavy atom. The lowest BCUT2D eigenvalue weighted by molar-refractivity contribution is -0.140. The van der Waals surface area contributed by atoms with E-state index < -0.39 is 23.6 Å². The Bertz CT molecular complexity index is 1040. The minimum Gasteiger partial charge on any atom is -0.468 e. The Labute approximate surface area is 194 Å². The zero-order valence-electron chi connectivity index (χ0n) is 20.1. The lowest BCUT2D eigenvalue weighted by Gasteiger charge is -2.26. The summed E-state index contributed by atoms with van der Waals surface area (Å²) in [6.07, 6.45) is 0.0521. The van der Waals surface area contributed by atoms with Crippen LogP contribution in [0.1, 0.15) is 38.6 Å². The van der Waals surface area contributed by atoms with Gasteiger partial charge in [0.25, 0.3) is 0 Å². The highest BCUT2D eigenvalue weighted by molar-refractivity contribution is 5.99. The largest absolute Gasteiger partial charge is 0.468 e. The molecule has 1 aromatic carbocycles.